The molecule has 5 nitrogen and oxygen atoms in total. The second-order valence-electron chi connectivity index (χ2n) is 6.19. The molecule has 0 aliphatic carbocycles. The molecule has 0 saturated heterocycles. The Morgan fingerprint density at radius 3 is 2.48 bits per heavy atom. The number of nitrogens with zero attached hydrogens (tertiary/aromatic N) is 2. The molecule has 3 aromatic rings. The number of carboxylic acids is 1. The van der Waals surface area contributed by atoms with Crippen molar-refractivity contribution in [2.75, 3.05) is 11.4 Å². The Balaban J connectivity index is 2.06. The molecule has 27 heavy (non-hydrogen) atoms. The van der Waals surface area contributed by atoms with Gasteiger partial charge in [0.15, 0.2) is 0 Å². The van der Waals surface area contributed by atoms with Crippen molar-refractivity contribution in [2.24, 2.45) is 0 Å². The number of anilines is 1. The summed E-state index contributed by atoms with van der Waals surface area (Å²) >= 11 is 6.06. The van der Waals surface area contributed by atoms with Gasteiger partial charge in [0.1, 0.15) is 5.69 Å². The third-order valence-corrected chi connectivity index (χ3v) is 4.89. The van der Waals surface area contributed by atoms with Gasteiger partial charge in [-0.15, -0.1) is 0 Å². The van der Waals surface area contributed by atoms with Gasteiger partial charge in [0.25, 0.3) is 0 Å². The molecule has 140 valence electrons. The molecule has 0 atom stereocenters. The van der Waals surface area contributed by atoms with E-state index in [9.17, 15) is 14.7 Å². The number of fused-ring (bicyclic) bond motifs is 1. The van der Waals surface area contributed by atoms with Gasteiger partial charge in [0, 0.05) is 40.3 Å². The molecule has 1 N–H and O–H groups in total. The molecule has 0 bridgehead atoms. The van der Waals surface area contributed by atoms with Crippen molar-refractivity contribution in [3.8, 4) is 0 Å². The van der Waals surface area contributed by atoms with Crippen molar-refractivity contribution in [2.45, 2.75) is 26.8 Å². The van der Waals surface area contributed by atoms with Crippen LogP contribution >= 0.6 is 11.6 Å². The number of hydrogen-bond acceptors (Lipinski definition) is 2. The number of rotatable bonds is 6. The molecule has 6 heteroatoms. The topological polar surface area (TPSA) is 62.5 Å². The van der Waals surface area contributed by atoms with Gasteiger partial charge in [0.05, 0.1) is 6.42 Å². The van der Waals surface area contributed by atoms with E-state index >= 15 is 0 Å². The van der Waals surface area contributed by atoms with Gasteiger partial charge in [-0.05, 0) is 38.1 Å². The van der Waals surface area contributed by atoms with Crippen LogP contribution in [-0.2, 0) is 17.8 Å². The number of amides is 1. The van der Waals surface area contributed by atoms with Crippen molar-refractivity contribution in [1.82, 2.24) is 4.57 Å². The number of benzene rings is 2. The van der Waals surface area contributed by atoms with Crippen LogP contribution in [-0.4, -0.2) is 28.1 Å². The van der Waals surface area contributed by atoms with E-state index in [0.717, 1.165) is 10.9 Å². The summed E-state index contributed by atoms with van der Waals surface area (Å²) in [6.45, 7) is 4.76. The molecule has 0 aliphatic heterocycles. The molecule has 0 fully saturated rings. The highest BCUT2D eigenvalue weighted by molar-refractivity contribution is 6.30. The minimum absolute atomic E-state index is 0.00942. The molecule has 0 unspecified atom stereocenters. The second kappa shape index (κ2) is 7.84. The van der Waals surface area contributed by atoms with Crippen LogP contribution in [0.3, 0.4) is 0 Å². The zero-order valence-electron chi connectivity index (χ0n) is 15.3. The molecule has 3 rings (SSSR count). The average molecular weight is 385 g/mol. The van der Waals surface area contributed by atoms with E-state index < -0.39 is 5.97 Å². The normalized spacial score (nSPS) is 10.9. The second-order valence-corrected chi connectivity index (χ2v) is 6.62. The highest BCUT2D eigenvalue weighted by Gasteiger charge is 2.25. The van der Waals surface area contributed by atoms with Gasteiger partial charge in [-0.2, -0.15) is 0 Å². The third kappa shape index (κ3) is 3.55. The zero-order valence-corrected chi connectivity index (χ0v) is 16.0. The Kier molecular flexibility index (Phi) is 5.51. The van der Waals surface area contributed by atoms with Crippen molar-refractivity contribution >= 4 is 40.1 Å². The predicted molar refractivity (Wildman–Crippen MR) is 108 cm³/mol. The van der Waals surface area contributed by atoms with Crippen molar-refractivity contribution in [1.29, 1.82) is 0 Å². The van der Waals surface area contributed by atoms with Crippen molar-refractivity contribution in [3.63, 3.8) is 0 Å². The SMILES string of the molecule is CCN(C(=O)Cc1c(C(=O)O)n(CC)c2ccccc12)c1cccc(Cl)c1. The van der Waals surface area contributed by atoms with Crippen molar-refractivity contribution < 1.29 is 14.7 Å². The zero-order chi connectivity index (χ0) is 19.6. The fourth-order valence-electron chi connectivity index (χ4n) is 3.52. The van der Waals surface area contributed by atoms with Crippen LogP contribution in [0.5, 0.6) is 0 Å². The molecule has 0 spiro atoms. The van der Waals surface area contributed by atoms with Gasteiger partial charge in [-0.25, -0.2) is 4.79 Å². The smallest absolute Gasteiger partial charge is 0.352 e. The molecule has 0 saturated carbocycles. The van der Waals surface area contributed by atoms with Gasteiger partial charge in [0.2, 0.25) is 5.91 Å². The van der Waals surface area contributed by atoms with E-state index in [2.05, 4.69) is 0 Å². The lowest BCUT2D eigenvalue weighted by atomic mass is 10.1. The molecule has 0 radical (unpaired) electrons. The first-order valence-electron chi connectivity index (χ1n) is 8.87. The Hall–Kier alpha value is -2.79. The van der Waals surface area contributed by atoms with Crippen LogP contribution in [0.15, 0.2) is 48.5 Å². The lowest BCUT2D eigenvalue weighted by molar-refractivity contribution is -0.117. The van der Waals surface area contributed by atoms with E-state index in [4.69, 9.17) is 11.6 Å². The Labute approximate surface area is 162 Å². The van der Waals surface area contributed by atoms with E-state index in [1.165, 1.54) is 0 Å². The van der Waals surface area contributed by atoms with Crippen LogP contribution in [0, 0.1) is 0 Å². The third-order valence-electron chi connectivity index (χ3n) is 4.66. The average Bonchev–Trinajstić information content (AvgIpc) is 2.96. The Bertz CT molecular complexity index is 1010. The van der Waals surface area contributed by atoms with Crippen molar-refractivity contribution in [3.05, 3.63) is 64.8 Å². The summed E-state index contributed by atoms with van der Waals surface area (Å²) in [5, 5.41) is 11.1. The fraction of sp³-hybridized carbons (Fsp3) is 0.238. The summed E-state index contributed by atoms with van der Waals surface area (Å²) in [5.74, 6) is -1.19. The number of carboxylic acid groups (broad SMARTS) is 1. The monoisotopic (exact) mass is 384 g/mol. The predicted octanol–water partition coefficient (Wildman–Crippen LogP) is 4.61. The molecular formula is C21H21ClN2O3. The Morgan fingerprint density at radius 1 is 1.11 bits per heavy atom. The van der Waals surface area contributed by atoms with E-state index in [-0.39, 0.29) is 18.0 Å². The van der Waals surface area contributed by atoms with E-state index in [1.54, 1.807) is 27.7 Å². The minimum atomic E-state index is -1.03. The molecular weight excluding hydrogens is 364 g/mol. The highest BCUT2D eigenvalue weighted by Crippen LogP contribution is 2.28. The lowest BCUT2D eigenvalue weighted by Gasteiger charge is -2.21. The van der Waals surface area contributed by atoms with Crippen LogP contribution < -0.4 is 4.90 Å². The largest absolute Gasteiger partial charge is 0.477 e. The standard InChI is InChI=1S/C21H21ClN2O3/c1-3-23(15-9-7-8-14(22)12-15)19(25)13-17-16-10-5-6-11-18(16)24(4-2)20(17)21(26)27/h5-12H,3-4,13H2,1-2H3,(H,26,27). The number of carbonyl (C=O) groups excluding carboxylic acids is 1. The first-order valence-corrected chi connectivity index (χ1v) is 9.25. The summed E-state index contributed by atoms with van der Waals surface area (Å²) < 4.78 is 1.75. The maximum absolute atomic E-state index is 13.1. The van der Waals surface area contributed by atoms with Gasteiger partial charge < -0.3 is 14.6 Å². The molecule has 0 aliphatic rings. The maximum Gasteiger partial charge on any atom is 0.352 e. The number of halogens is 1. The minimum Gasteiger partial charge on any atom is -0.477 e. The number of aryl methyl sites for hydroxylation is 1. The first kappa shape index (κ1) is 19.0. The maximum atomic E-state index is 13.1. The highest BCUT2D eigenvalue weighted by atomic mass is 35.5. The fourth-order valence-corrected chi connectivity index (χ4v) is 3.71. The van der Waals surface area contributed by atoms with Crippen LogP contribution in [0.4, 0.5) is 5.69 Å². The molecule has 1 aromatic heterocycles. The van der Waals surface area contributed by atoms with Crippen LogP contribution in [0.1, 0.15) is 29.9 Å². The van der Waals surface area contributed by atoms with Gasteiger partial charge in [-0.3, -0.25) is 4.79 Å². The van der Waals surface area contributed by atoms with Crippen LogP contribution in [0.25, 0.3) is 10.9 Å². The number of likely N-dealkylation sites (N-methyl/N-ethyl adjacent to an activating group) is 1. The number of aromatic nitrogens is 1. The number of hydrogen-bond donors (Lipinski definition) is 1. The lowest BCUT2D eigenvalue weighted by Crippen LogP contribution is -2.32. The summed E-state index contributed by atoms with van der Waals surface area (Å²) in [7, 11) is 0. The number of para-hydroxylation sites is 1. The quantitative estimate of drug-likeness (QED) is 0.675. The summed E-state index contributed by atoms with van der Waals surface area (Å²) in [5.41, 5.74) is 2.25. The van der Waals surface area contributed by atoms with Gasteiger partial charge in [-0.1, -0.05) is 35.9 Å². The molecule has 1 amide bonds. The summed E-state index contributed by atoms with van der Waals surface area (Å²) in [6, 6.07) is 14.6. The number of aromatic carboxylic acids is 1. The molecule has 2 aromatic carbocycles. The number of carbonyl (C=O) groups is 2. The molecule has 1 heterocycles. The van der Waals surface area contributed by atoms with E-state index in [1.807, 2.05) is 44.2 Å². The summed E-state index contributed by atoms with van der Waals surface area (Å²) in [4.78, 5) is 26.6. The van der Waals surface area contributed by atoms with Crippen LogP contribution in [0.2, 0.25) is 5.02 Å². The Morgan fingerprint density at radius 2 is 1.85 bits per heavy atom. The summed E-state index contributed by atoms with van der Waals surface area (Å²) in [6.07, 6.45) is 0.00942. The first-order chi connectivity index (χ1) is 13.0. The van der Waals surface area contributed by atoms with Gasteiger partial charge >= 0.3 is 5.97 Å². The van der Waals surface area contributed by atoms with E-state index in [0.29, 0.717) is 29.4 Å².